The standard InChI is InChI=1S/C20H25N3O2/c24-20(23-12-8-21-9-13-23)7-11-22-10-6-17-14-18(25-19(17)15-22)16-4-2-1-3-5-16/h1-5,14,21H,6-13,15H2. The van der Waals surface area contributed by atoms with Gasteiger partial charge >= 0.3 is 0 Å². The predicted molar refractivity (Wildman–Crippen MR) is 97.2 cm³/mol. The van der Waals surface area contributed by atoms with Gasteiger partial charge in [-0.2, -0.15) is 0 Å². The molecule has 1 aromatic heterocycles. The molecule has 1 N–H and O–H groups in total. The molecule has 0 spiro atoms. The van der Waals surface area contributed by atoms with Crippen LogP contribution in [0.25, 0.3) is 11.3 Å². The van der Waals surface area contributed by atoms with Crippen LogP contribution >= 0.6 is 0 Å². The zero-order valence-electron chi connectivity index (χ0n) is 14.5. The molecule has 25 heavy (non-hydrogen) atoms. The highest BCUT2D eigenvalue weighted by atomic mass is 16.3. The molecule has 2 aliphatic rings. The van der Waals surface area contributed by atoms with Gasteiger partial charge in [0.2, 0.25) is 5.91 Å². The van der Waals surface area contributed by atoms with E-state index in [0.29, 0.717) is 6.42 Å². The van der Waals surface area contributed by atoms with Crippen molar-refractivity contribution in [2.75, 3.05) is 39.3 Å². The lowest BCUT2D eigenvalue weighted by atomic mass is 10.1. The Kier molecular flexibility index (Phi) is 4.85. The van der Waals surface area contributed by atoms with Crippen molar-refractivity contribution in [1.29, 1.82) is 0 Å². The number of hydrogen-bond acceptors (Lipinski definition) is 4. The van der Waals surface area contributed by atoms with Crippen molar-refractivity contribution in [3.63, 3.8) is 0 Å². The third-order valence-corrected chi connectivity index (χ3v) is 5.13. The summed E-state index contributed by atoms with van der Waals surface area (Å²) in [6.07, 6.45) is 1.59. The topological polar surface area (TPSA) is 48.7 Å². The molecule has 5 nitrogen and oxygen atoms in total. The molecule has 1 saturated heterocycles. The van der Waals surface area contributed by atoms with Gasteiger partial charge in [0.15, 0.2) is 0 Å². The molecule has 4 rings (SSSR count). The molecule has 0 radical (unpaired) electrons. The molecule has 0 unspecified atom stereocenters. The fourth-order valence-corrected chi connectivity index (χ4v) is 3.63. The van der Waals surface area contributed by atoms with Gasteiger partial charge in [0.05, 0.1) is 6.54 Å². The minimum Gasteiger partial charge on any atom is -0.459 e. The summed E-state index contributed by atoms with van der Waals surface area (Å²) in [6.45, 7) is 6.10. The van der Waals surface area contributed by atoms with Gasteiger partial charge in [-0.25, -0.2) is 0 Å². The normalized spacial score (nSPS) is 18.2. The molecule has 0 bridgehead atoms. The van der Waals surface area contributed by atoms with Gasteiger partial charge in [-0.05, 0) is 18.1 Å². The molecule has 0 atom stereocenters. The van der Waals surface area contributed by atoms with E-state index in [1.54, 1.807) is 0 Å². The number of carbonyl (C=O) groups is 1. The van der Waals surface area contributed by atoms with Crippen molar-refractivity contribution in [2.45, 2.75) is 19.4 Å². The zero-order valence-corrected chi connectivity index (χ0v) is 14.5. The van der Waals surface area contributed by atoms with Gasteiger partial charge in [-0.3, -0.25) is 9.69 Å². The number of nitrogens with zero attached hydrogens (tertiary/aromatic N) is 2. The Balaban J connectivity index is 1.35. The van der Waals surface area contributed by atoms with E-state index in [4.69, 9.17) is 4.42 Å². The summed E-state index contributed by atoms with van der Waals surface area (Å²) >= 11 is 0. The lowest BCUT2D eigenvalue weighted by Crippen LogP contribution is -2.47. The van der Waals surface area contributed by atoms with Crippen LogP contribution < -0.4 is 5.32 Å². The molecule has 2 aromatic rings. The molecule has 5 heteroatoms. The molecule has 1 fully saturated rings. The SMILES string of the molecule is O=C(CCN1CCc2cc(-c3ccccc3)oc2C1)N1CCNCC1. The summed E-state index contributed by atoms with van der Waals surface area (Å²) in [5.74, 6) is 2.28. The molecule has 0 saturated carbocycles. The Morgan fingerprint density at radius 1 is 1.12 bits per heavy atom. The first-order chi connectivity index (χ1) is 12.3. The van der Waals surface area contributed by atoms with Crippen LogP contribution in [0, 0.1) is 0 Å². The van der Waals surface area contributed by atoms with Gasteiger partial charge in [0, 0.05) is 51.3 Å². The van der Waals surface area contributed by atoms with Crippen molar-refractivity contribution in [3.8, 4) is 11.3 Å². The van der Waals surface area contributed by atoms with Crippen LogP contribution in [0.1, 0.15) is 17.7 Å². The van der Waals surface area contributed by atoms with E-state index < -0.39 is 0 Å². The van der Waals surface area contributed by atoms with Crippen LogP contribution in [0.15, 0.2) is 40.8 Å². The highest BCUT2D eigenvalue weighted by molar-refractivity contribution is 5.76. The quantitative estimate of drug-likeness (QED) is 0.927. The van der Waals surface area contributed by atoms with Crippen molar-refractivity contribution in [3.05, 3.63) is 47.7 Å². The van der Waals surface area contributed by atoms with Crippen LogP contribution in [0.2, 0.25) is 0 Å². The van der Waals surface area contributed by atoms with Gasteiger partial charge in [-0.1, -0.05) is 30.3 Å². The largest absolute Gasteiger partial charge is 0.459 e. The van der Waals surface area contributed by atoms with Crippen LogP contribution in [0.3, 0.4) is 0 Å². The number of nitrogens with one attached hydrogen (secondary N) is 1. The highest BCUT2D eigenvalue weighted by Gasteiger charge is 2.23. The van der Waals surface area contributed by atoms with Gasteiger partial charge < -0.3 is 14.6 Å². The predicted octanol–water partition coefficient (Wildman–Crippen LogP) is 2.13. The molecule has 2 aliphatic heterocycles. The minimum atomic E-state index is 0.275. The summed E-state index contributed by atoms with van der Waals surface area (Å²) < 4.78 is 6.10. The van der Waals surface area contributed by atoms with E-state index in [0.717, 1.165) is 69.3 Å². The van der Waals surface area contributed by atoms with Crippen LogP contribution in [0.4, 0.5) is 0 Å². The number of furan rings is 1. The van der Waals surface area contributed by atoms with Crippen molar-refractivity contribution in [2.24, 2.45) is 0 Å². The summed E-state index contributed by atoms with van der Waals surface area (Å²) in [4.78, 5) is 16.6. The Morgan fingerprint density at radius 2 is 1.92 bits per heavy atom. The van der Waals surface area contributed by atoms with Gasteiger partial charge in [0.25, 0.3) is 0 Å². The summed E-state index contributed by atoms with van der Waals surface area (Å²) in [7, 11) is 0. The van der Waals surface area contributed by atoms with E-state index >= 15 is 0 Å². The smallest absolute Gasteiger partial charge is 0.223 e. The minimum absolute atomic E-state index is 0.275. The maximum atomic E-state index is 12.3. The number of hydrogen-bond donors (Lipinski definition) is 1. The first-order valence-corrected chi connectivity index (χ1v) is 9.17. The number of rotatable bonds is 4. The molecular weight excluding hydrogens is 314 g/mol. The number of amides is 1. The third-order valence-electron chi connectivity index (χ3n) is 5.13. The Morgan fingerprint density at radius 3 is 2.72 bits per heavy atom. The van der Waals surface area contributed by atoms with E-state index in [-0.39, 0.29) is 5.91 Å². The number of fused-ring (bicyclic) bond motifs is 1. The molecule has 0 aliphatic carbocycles. The number of carbonyl (C=O) groups excluding carboxylic acids is 1. The average molecular weight is 339 g/mol. The van der Waals surface area contributed by atoms with E-state index in [9.17, 15) is 4.79 Å². The highest BCUT2D eigenvalue weighted by Crippen LogP contribution is 2.29. The maximum Gasteiger partial charge on any atom is 0.223 e. The fraction of sp³-hybridized carbons (Fsp3) is 0.450. The summed E-state index contributed by atoms with van der Waals surface area (Å²) in [5, 5.41) is 3.29. The number of benzene rings is 1. The Hall–Kier alpha value is -2.11. The zero-order chi connectivity index (χ0) is 17.1. The van der Waals surface area contributed by atoms with E-state index in [2.05, 4.69) is 28.4 Å². The third kappa shape index (κ3) is 3.78. The Labute approximate surface area is 148 Å². The van der Waals surface area contributed by atoms with Crippen LogP contribution in [-0.4, -0.2) is 55.0 Å². The summed E-state index contributed by atoms with van der Waals surface area (Å²) in [5.41, 5.74) is 2.43. The van der Waals surface area contributed by atoms with Crippen LogP contribution in [0.5, 0.6) is 0 Å². The molecule has 132 valence electrons. The van der Waals surface area contributed by atoms with Crippen molar-refractivity contribution >= 4 is 5.91 Å². The van der Waals surface area contributed by atoms with Crippen molar-refractivity contribution in [1.82, 2.24) is 15.1 Å². The number of piperazine rings is 1. The van der Waals surface area contributed by atoms with Crippen LogP contribution in [-0.2, 0) is 17.8 Å². The lowest BCUT2D eigenvalue weighted by molar-refractivity contribution is -0.132. The fourth-order valence-electron chi connectivity index (χ4n) is 3.63. The second-order valence-corrected chi connectivity index (χ2v) is 6.83. The van der Waals surface area contributed by atoms with Gasteiger partial charge in [0.1, 0.15) is 11.5 Å². The molecule has 1 amide bonds. The maximum absolute atomic E-state index is 12.3. The lowest BCUT2D eigenvalue weighted by Gasteiger charge is -2.29. The first kappa shape index (κ1) is 16.4. The van der Waals surface area contributed by atoms with Crippen molar-refractivity contribution < 1.29 is 9.21 Å². The van der Waals surface area contributed by atoms with E-state index in [1.807, 2.05) is 23.1 Å². The van der Waals surface area contributed by atoms with Gasteiger partial charge in [-0.15, -0.1) is 0 Å². The first-order valence-electron chi connectivity index (χ1n) is 9.17. The summed E-state index contributed by atoms with van der Waals surface area (Å²) in [6, 6.07) is 12.4. The molecule has 3 heterocycles. The average Bonchev–Trinajstić information content (AvgIpc) is 3.11. The van der Waals surface area contributed by atoms with E-state index in [1.165, 1.54) is 5.56 Å². The molecule has 1 aromatic carbocycles. The monoisotopic (exact) mass is 339 g/mol. The second kappa shape index (κ2) is 7.42. The Bertz CT molecular complexity index is 720. The molecular formula is C20H25N3O2. The second-order valence-electron chi connectivity index (χ2n) is 6.83.